The van der Waals surface area contributed by atoms with Crippen molar-refractivity contribution in [2.45, 2.75) is 4.71 Å². The zero-order chi connectivity index (χ0) is 7.40. The van der Waals surface area contributed by atoms with Gasteiger partial charge in [-0.2, -0.15) is 0 Å². The fourth-order valence-corrected chi connectivity index (χ4v) is 2.72. The first kappa shape index (κ1) is 8.39. The maximum atomic E-state index is 4.90. The normalized spacial score (nSPS) is 24.4. The van der Waals surface area contributed by atoms with E-state index < -0.39 is 0 Å². The van der Waals surface area contributed by atoms with Gasteiger partial charge in [-0.3, -0.25) is 0 Å². The first-order valence-corrected chi connectivity index (χ1v) is 5.11. The topological polar surface area (TPSA) is 24.1 Å². The number of hydrogen-bond donors (Lipinski definition) is 2. The summed E-state index contributed by atoms with van der Waals surface area (Å²) < 4.78 is 1.17. The highest BCUT2D eigenvalue weighted by Crippen LogP contribution is 2.24. The number of thioether (sulfide) groups is 2. The van der Waals surface area contributed by atoms with Crippen LogP contribution in [0.5, 0.6) is 0 Å². The Hall–Kier alpha value is 0.290. The molecule has 1 unspecified atom stereocenters. The Bertz CT molecular complexity index is 148. The van der Waals surface area contributed by atoms with Gasteiger partial charge in [0.1, 0.15) is 9.03 Å². The summed E-state index contributed by atoms with van der Waals surface area (Å²) in [5.41, 5.74) is 5.90. The Labute approximate surface area is 74.2 Å². The van der Waals surface area contributed by atoms with E-state index in [4.69, 9.17) is 12.2 Å². The van der Waals surface area contributed by atoms with Crippen LogP contribution in [0.2, 0.25) is 0 Å². The third kappa shape index (κ3) is 2.49. The lowest BCUT2D eigenvalue weighted by Gasteiger charge is -2.03. The molecule has 1 rings (SSSR count). The summed E-state index contributed by atoms with van der Waals surface area (Å²) in [6.45, 7) is 3.63. The molecule has 10 heavy (non-hydrogen) atoms. The number of nitrogens with one attached hydrogen (secondary N) is 2. The lowest BCUT2D eigenvalue weighted by atomic mass is 10.8. The summed E-state index contributed by atoms with van der Waals surface area (Å²) in [6.07, 6.45) is 1.88. The van der Waals surface area contributed by atoms with E-state index in [1.54, 1.807) is 23.5 Å². The van der Waals surface area contributed by atoms with Gasteiger partial charge in [-0.15, -0.1) is 18.3 Å². The van der Waals surface area contributed by atoms with Gasteiger partial charge >= 0.3 is 0 Å². The summed E-state index contributed by atoms with van der Waals surface area (Å²) >= 11 is 8.30. The van der Waals surface area contributed by atoms with E-state index in [9.17, 15) is 0 Å². The molecule has 1 heterocycles. The van der Waals surface area contributed by atoms with Gasteiger partial charge in [0, 0.05) is 5.75 Å². The standard InChI is InChI=1S/C5H8N2S3/c1-2-3-9-5-7-6-4(8)10-5/h2,5,7H,1,3H2,(H,6,8). The highest BCUT2D eigenvalue weighted by Gasteiger charge is 2.17. The molecule has 2 nitrogen and oxygen atoms in total. The van der Waals surface area contributed by atoms with E-state index in [1.807, 2.05) is 6.08 Å². The molecule has 0 amide bonds. The average molecular weight is 192 g/mol. The molecule has 0 aromatic heterocycles. The Balaban J connectivity index is 2.18. The second-order valence-electron chi connectivity index (χ2n) is 1.63. The zero-order valence-corrected chi connectivity index (χ0v) is 7.74. The second kappa shape index (κ2) is 4.23. The van der Waals surface area contributed by atoms with Gasteiger partial charge in [-0.05, 0) is 0 Å². The van der Waals surface area contributed by atoms with E-state index in [-0.39, 0.29) is 0 Å². The predicted molar refractivity (Wildman–Crippen MR) is 52.9 cm³/mol. The fourth-order valence-electron chi connectivity index (χ4n) is 0.505. The lowest BCUT2D eigenvalue weighted by Crippen LogP contribution is -2.29. The minimum Gasteiger partial charge on any atom is -0.305 e. The van der Waals surface area contributed by atoms with Crippen LogP contribution >= 0.6 is 35.7 Å². The van der Waals surface area contributed by atoms with Crippen LogP contribution in [-0.2, 0) is 0 Å². The van der Waals surface area contributed by atoms with Gasteiger partial charge in [0.2, 0.25) is 0 Å². The molecule has 0 aliphatic carbocycles. The molecule has 1 aliphatic heterocycles. The molecule has 2 N–H and O–H groups in total. The Morgan fingerprint density at radius 3 is 3.20 bits per heavy atom. The maximum Gasteiger partial charge on any atom is 0.150 e. The van der Waals surface area contributed by atoms with Crippen LogP contribution < -0.4 is 10.9 Å². The van der Waals surface area contributed by atoms with Crippen molar-refractivity contribution in [2.24, 2.45) is 0 Å². The van der Waals surface area contributed by atoms with Crippen molar-refractivity contribution < 1.29 is 0 Å². The molecule has 56 valence electrons. The first-order valence-electron chi connectivity index (χ1n) is 2.77. The van der Waals surface area contributed by atoms with Crippen molar-refractivity contribution >= 4 is 40.1 Å². The van der Waals surface area contributed by atoms with E-state index in [0.29, 0.717) is 4.71 Å². The average Bonchev–Trinajstić information content (AvgIpc) is 2.31. The van der Waals surface area contributed by atoms with Gasteiger partial charge in [0.25, 0.3) is 0 Å². The van der Waals surface area contributed by atoms with E-state index >= 15 is 0 Å². The van der Waals surface area contributed by atoms with Crippen LogP contribution in [0.1, 0.15) is 0 Å². The van der Waals surface area contributed by atoms with E-state index in [1.165, 1.54) is 0 Å². The molecular formula is C5H8N2S3. The number of hydrazine groups is 1. The summed E-state index contributed by atoms with van der Waals surface area (Å²) in [5, 5.41) is 0. The number of thiocarbonyl (C=S) groups is 1. The van der Waals surface area contributed by atoms with Gasteiger partial charge < -0.3 is 5.43 Å². The minimum absolute atomic E-state index is 0.352. The SMILES string of the molecule is C=CCSC1NNC(=S)S1. The summed E-state index contributed by atoms with van der Waals surface area (Å²) in [7, 11) is 0. The third-order valence-corrected chi connectivity index (χ3v) is 3.46. The van der Waals surface area contributed by atoms with Crippen molar-refractivity contribution in [3.63, 3.8) is 0 Å². The predicted octanol–water partition coefficient (Wildman–Crippen LogP) is 1.32. The minimum atomic E-state index is 0.352. The van der Waals surface area contributed by atoms with E-state index in [2.05, 4.69) is 17.4 Å². The lowest BCUT2D eigenvalue weighted by molar-refractivity contribution is 0.755. The zero-order valence-electron chi connectivity index (χ0n) is 5.29. The molecule has 5 heteroatoms. The van der Waals surface area contributed by atoms with Crippen molar-refractivity contribution in [1.29, 1.82) is 0 Å². The highest BCUT2D eigenvalue weighted by molar-refractivity contribution is 8.30. The van der Waals surface area contributed by atoms with Gasteiger partial charge in [0.15, 0.2) is 0 Å². The van der Waals surface area contributed by atoms with Crippen LogP contribution in [0.15, 0.2) is 12.7 Å². The Morgan fingerprint density at radius 1 is 1.90 bits per heavy atom. The third-order valence-electron chi connectivity index (χ3n) is 0.872. The van der Waals surface area contributed by atoms with Crippen molar-refractivity contribution in [1.82, 2.24) is 10.9 Å². The molecule has 1 saturated heterocycles. The van der Waals surface area contributed by atoms with Crippen LogP contribution in [0.3, 0.4) is 0 Å². The van der Waals surface area contributed by atoms with Crippen molar-refractivity contribution in [2.75, 3.05) is 5.75 Å². The smallest absolute Gasteiger partial charge is 0.150 e. The summed E-state index contributed by atoms with van der Waals surface area (Å²) in [5.74, 6) is 0.953. The van der Waals surface area contributed by atoms with Crippen LogP contribution in [-0.4, -0.2) is 14.8 Å². The molecule has 0 aromatic rings. The summed E-state index contributed by atoms with van der Waals surface area (Å²) in [4.78, 5) is 0. The second-order valence-corrected chi connectivity index (χ2v) is 4.85. The van der Waals surface area contributed by atoms with Crippen LogP contribution in [0, 0.1) is 0 Å². The number of rotatable bonds is 3. The Kier molecular flexibility index (Phi) is 3.55. The highest BCUT2D eigenvalue weighted by atomic mass is 32.2. The Morgan fingerprint density at radius 2 is 2.70 bits per heavy atom. The van der Waals surface area contributed by atoms with Gasteiger partial charge in [0.05, 0.1) is 0 Å². The molecule has 0 bridgehead atoms. The molecule has 0 radical (unpaired) electrons. The fraction of sp³-hybridized carbons (Fsp3) is 0.400. The molecule has 0 spiro atoms. The molecule has 1 aliphatic rings. The van der Waals surface area contributed by atoms with Gasteiger partial charge in [-0.25, -0.2) is 5.43 Å². The molecule has 0 aromatic carbocycles. The maximum absolute atomic E-state index is 4.90. The van der Waals surface area contributed by atoms with Crippen molar-refractivity contribution in [3.05, 3.63) is 12.7 Å². The van der Waals surface area contributed by atoms with Crippen molar-refractivity contribution in [3.8, 4) is 0 Å². The van der Waals surface area contributed by atoms with Gasteiger partial charge in [-0.1, -0.05) is 30.1 Å². The molecular weight excluding hydrogens is 184 g/mol. The quantitative estimate of drug-likeness (QED) is 0.519. The van der Waals surface area contributed by atoms with Crippen LogP contribution in [0.4, 0.5) is 0 Å². The van der Waals surface area contributed by atoms with E-state index in [0.717, 1.165) is 10.1 Å². The molecule has 0 saturated carbocycles. The summed E-state index contributed by atoms with van der Waals surface area (Å²) in [6, 6.07) is 0. The first-order chi connectivity index (χ1) is 4.83. The molecule has 1 atom stereocenters. The largest absolute Gasteiger partial charge is 0.305 e. The van der Waals surface area contributed by atoms with Crippen LogP contribution in [0.25, 0.3) is 0 Å². The monoisotopic (exact) mass is 192 g/mol. The number of hydrogen-bond acceptors (Lipinski definition) is 4. The molecule has 1 fully saturated rings.